The van der Waals surface area contributed by atoms with Crippen molar-refractivity contribution in [2.75, 3.05) is 51.4 Å². The fraction of sp³-hybridized carbons (Fsp3) is 0.571. The maximum atomic E-state index is 14.2. The number of halogens is 4. The molecule has 1 aliphatic heterocycles. The van der Waals surface area contributed by atoms with Gasteiger partial charge in [-0.1, -0.05) is 0 Å². The summed E-state index contributed by atoms with van der Waals surface area (Å²) < 4.78 is 63.4. The molecule has 0 aliphatic carbocycles. The van der Waals surface area contributed by atoms with Crippen LogP contribution in [-0.2, 0) is 10.9 Å². The van der Waals surface area contributed by atoms with E-state index in [1.807, 2.05) is 0 Å². The molecule has 1 fully saturated rings. The van der Waals surface area contributed by atoms with Crippen LogP contribution in [0.3, 0.4) is 0 Å². The molecule has 8 heteroatoms. The predicted octanol–water partition coefficient (Wildman–Crippen LogP) is 2.28. The van der Waals surface area contributed by atoms with Crippen LogP contribution in [0.25, 0.3) is 0 Å². The number of piperazine rings is 1. The van der Waals surface area contributed by atoms with E-state index in [1.165, 1.54) is 7.11 Å². The maximum Gasteiger partial charge on any atom is 0.420 e. The number of methoxy groups -OCH3 is 1. The number of nitrogens with one attached hydrogen (secondary N) is 1. The van der Waals surface area contributed by atoms with Crippen molar-refractivity contribution in [3.8, 4) is 5.75 Å². The van der Waals surface area contributed by atoms with Crippen molar-refractivity contribution in [1.29, 1.82) is 0 Å². The first-order chi connectivity index (χ1) is 10.4. The normalized spacial score (nSPS) is 16.0. The van der Waals surface area contributed by atoms with Gasteiger partial charge in [0.05, 0.1) is 17.9 Å². The van der Waals surface area contributed by atoms with Crippen molar-refractivity contribution >= 4 is 5.69 Å². The quantitative estimate of drug-likeness (QED) is 0.666. The van der Waals surface area contributed by atoms with Crippen LogP contribution in [0.4, 0.5) is 23.2 Å². The summed E-state index contributed by atoms with van der Waals surface area (Å²) >= 11 is 0. The predicted molar refractivity (Wildman–Crippen MR) is 73.9 cm³/mol. The molecule has 124 valence electrons. The van der Waals surface area contributed by atoms with E-state index in [2.05, 4.69) is 5.32 Å². The zero-order valence-electron chi connectivity index (χ0n) is 12.2. The lowest BCUT2D eigenvalue weighted by Crippen LogP contribution is -2.44. The second kappa shape index (κ2) is 7.15. The number of anilines is 1. The fourth-order valence-corrected chi connectivity index (χ4v) is 2.27. The third-order valence-electron chi connectivity index (χ3n) is 3.36. The van der Waals surface area contributed by atoms with E-state index in [1.54, 1.807) is 4.90 Å². The molecule has 1 aromatic carbocycles. The monoisotopic (exact) mass is 322 g/mol. The van der Waals surface area contributed by atoms with Gasteiger partial charge in [-0.3, -0.25) is 0 Å². The molecule has 0 unspecified atom stereocenters. The van der Waals surface area contributed by atoms with Crippen molar-refractivity contribution in [3.05, 3.63) is 23.5 Å². The van der Waals surface area contributed by atoms with E-state index in [-0.39, 0.29) is 18.9 Å². The highest BCUT2D eigenvalue weighted by Crippen LogP contribution is 2.40. The van der Waals surface area contributed by atoms with Gasteiger partial charge in [0.25, 0.3) is 0 Å². The standard InChI is InChI=1S/C14H18F4N2O2/c1-21-6-7-22-13-9-11(15)12(8-10(13)14(16,17)18)20-4-2-19-3-5-20/h8-9,19H,2-7H2,1H3. The molecule has 1 N–H and O–H groups in total. The van der Waals surface area contributed by atoms with E-state index in [0.717, 1.165) is 12.1 Å². The number of alkyl halides is 3. The van der Waals surface area contributed by atoms with Crippen LogP contribution in [0.1, 0.15) is 5.56 Å². The van der Waals surface area contributed by atoms with Crippen LogP contribution in [-0.4, -0.2) is 46.5 Å². The molecule has 0 bridgehead atoms. The van der Waals surface area contributed by atoms with Crippen LogP contribution in [0.15, 0.2) is 12.1 Å². The van der Waals surface area contributed by atoms with Crippen molar-refractivity contribution in [2.45, 2.75) is 6.18 Å². The molecule has 0 atom stereocenters. The van der Waals surface area contributed by atoms with Gasteiger partial charge in [0.1, 0.15) is 18.2 Å². The van der Waals surface area contributed by atoms with Crippen molar-refractivity contribution in [2.24, 2.45) is 0 Å². The second-order valence-electron chi connectivity index (χ2n) is 4.88. The summed E-state index contributed by atoms with van der Waals surface area (Å²) in [6.07, 6.45) is -4.61. The summed E-state index contributed by atoms with van der Waals surface area (Å²) in [6.45, 7) is 2.17. The molecule has 22 heavy (non-hydrogen) atoms. The first kappa shape index (κ1) is 16.8. The lowest BCUT2D eigenvalue weighted by atomic mass is 10.1. The highest BCUT2D eigenvalue weighted by molar-refractivity contribution is 5.55. The van der Waals surface area contributed by atoms with Gasteiger partial charge in [-0.15, -0.1) is 0 Å². The van der Waals surface area contributed by atoms with Gasteiger partial charge >= 0.3 is 6.18 Å². The minimum atomic E-state index is -4.61. The van der Waals surface area contributed by atoms with E-state index in [0.29, 0.717) is 26.2 Å². The Balaban J connectivity index is 2.32. The number of ether oxygens (including phenoxy) is 2. The van der Waals surface area contributed by atoms with Gasteiger partial charge in [0, 0.05) is 39.4 Å². The first-order valence-corrected chi connectivity index (χ1v) is 6.91. The highest BCUT2D eigenvalue weighted by Gasteiger charge is 2.36. The minimum Gasteiger partial charge on any atom is -0.490 e. The van der Waals surface area contributed by atoms with Crippen molar-refractivity contribution in [1.82, 2.24) is 5.32 Å². The van der Waals surface area contributed by atoms with E-state index < -0.39 is 23.3 Å². The van der Waals surface area contributed by atoms with Crippen molar-refractivity contribution < 1.29 is 27.0 Å². The Labute approximate surface area is 126 Å². The molecular weight excluding hydrogens is 304 g/mol. The number of hydrogen-bond donors (Lipinski definition) is 1. The van der Waals surface area contributed by atoms with Gasteiger partial charge in [-0.25, -0.2) is 4.39 Å². The Bertz CT molecular complexity index is 502. The van der Waals surface area contributed by atoms with Gasteiger partial charge in [-0.2, -0.15) is 13.2 Å². The Morgan fingerprint density at radius 3 is 2.45 bits per heavy atom. The average Bonchev–Trinajstić information content (AvgIpc) is 2.47. The van der Waals surface area contributed by atoms with Crippen LogP contribution in [0, 0.1) is 5.82 Å². The Kier molecular flexibility index (Phi) is 5.47. The van der Waals surface area contributed by atoms with E-state index in [9.17, 15) is 17.6 Å². The molecule has 2 rings (SSSR count). The maximum absolute atomic E-state index is 14.2. The average molecular weight is 322 g/mol. The minimum absolute atomic E-state index is 0.0482. The van der Waals surface area contributed by atoms with Crippen LogP contribution >= 0.6 is 0 Å². The third-order valence-corrected chi connectivity index (χ3v) is 3.36. The third kappa shape index (κ3) is 4.01. The molecule has 1 aliphatic rings. The molecule has 1 saturated heterocycles. The molecule has 1 heterocycles. The number of nitrogens with zero attached hydrogens (tertiary/aromatic N) is 1. The van der Waals surface area contributed by atoms with Crippen LogP contribution in [0.5, 0.6) is 5.75 Å². The van der Waals surface area contributed by atoms with E-state index >= 15 is 0 Å². The topological polar surface area (TPSA) is 33.7 Å². The first-order valence-electron chi connectivity index (χ1n) is 6.91. The van der Waals surface area contributed by atoms with Crippen molar-refractivity contribution in [3.63, 3.8) is 0 Å². The molecule has 0 aromatic heterocycles. The molecule has 1 aromatic rings. The van der Waals surface area contributed by atoms with Gasteiger partial charge in [-0.05, 0) is 6.07 Å². The zero-order valence-corrected chi connectivity index (χ0v) is 12.2. The summed E-state index contributed by atoms with van der Waals surface area (Å²) in [4.78, 5) is 1.60. The molecule has 0 spiro atoms. The lowest BCUT2D eigenvalue weighted by Gasteiger charge is -2.30. The molecule has 0 amide bonds. The van der Waals surface area contributed by atoms with Crippen LogP contribution in [0.2, 0.25) is 0 Å². The number of benzene rings is 1. The molecule has 4 nitrogen and oxygen atoms in total. The number of hydrogen-bond acceptors (Lipinski definition) is 4. The van der Waals surface area contributed by atoms with Crippen LogP contribution < -0.4 is 15.0 Å². The summed E-state index contributed by atoms with van der Waals surface area (Å²) in [6, 6.07) is 1.62. The Morgan fingerprint density at radius 2 is 1.86 bits per heavy atom. The summed E-state index contributed by atoms with van der Waals surface area (Å²) in [5.74, 6) is -1.23. The van der Waals surface area contributed by atoms with E-state index in [4.69, 9.17) is 9.47 Å². The SMILES string of the molecule is COCCOc1cc(F)c(N2CCNCC2)cc1C(F)(F)F. The second-order valence-corrected chi connectivity index (χ2v) is 4.88. The molecular formula is C14H18F4N2O2. The summed E-state index contributed by atoms with van der Waals surface area (Å²) in [5, 5.41) is 3.07. The largest absolute Gasteiger partial charge is 0.490 e. The molecule has 0 radical (unpaired) electrons. The lowest BCUT2D eigenvalue weighted by molar-refractivity contribution is -0.139. The Hall–Kier alpha value is -1.54. The van der Waals surface area contributed by atoms with Gasteiger partial charge < -0.3 is 19.7 Å². The number of rotatable bonds is 5. The molecule has 0 saturated carbocycles. The summed E-state index contributed by atoms with van der Waals surface area (Å²) in [5.41, 5.74) is -1.02. The zero-order chi connectivity index (χ0) is 16.2. The summed E-state index contributed by atoms with van der Waals surface area (Å²) in [7, 11) is 1.40. The highest BCUT2D eigenvalue weighted by atomic mass is 19.4. The van der Waals surface area contributed by atoms with Gasteiger partial charge in [0.15, 0.2) is 0 Å². The Morgan fingerprint density at radius 1 is 1.18 bits per heavy atom. The van der Waals surface area contributed by atoms with Gasteiger partial charge in [0.2, 0.25) is 0 Å². The fourth-order valence-electron chi connectivity index (χ4n) is 2.27. The smallest absolute Gasteiger partial charge is 0.420 e.